The minimum absolute atomic E-state index is 0.194. The first-order chi connectivity index (χ1) is 10.3. The van der Waals surface area contributed by atoms with Crippen molar-refractivity contribution < 1.29 is 5.11 Å². The molecule has 8 nitrogen and oxygen atoms in total. The van der Waals surface area contributed by atoms with Gasteiger partial charge in [-0.05, 0) is 12.3 Å². The third-order valence-electron chi connectivity index (χ3n) is 3.25. The Kier molecular flexibility index (Phi) is 5.44. The fourth-order valence-electron chi connectivity index (χ4n) is 1.92. The van der Waals surface area contributed by atoms with Gasteiger partial charge in [-0.15, -0.1) is 0 Å². The summed E-state index contributed by atoms with van der Waals surface area (Å²) in [4.78, 5) is 16.9. The van der Waals surface area contributed by atoms with Crippen LogP contribution >= 0.6 is 0 Å². The van der Waals surface area contributed by atoms with Gasteiger partial charge in [0, 0.05) is 32.6 Å². The molecule has 8 heteroatoms. The topological polar surface area (TPSA) is 101 Å². The first-order valence-electron chi connectivity index (χ1n) is 7.03. The van der Waals surface area contributed by atoms with E-state index in [0.717, 1.165) is 12.8 Å². The molecule has 0 radical (unpaired) electrons. The molecule has 2 aromatic heterocycles. The number of imidazole rings is 1. The molecule has 0 saturated carbocycles. The number of aromatic nitrogens is 5. The Bertz CT molecular complexity index is 543. The Hall–Kier alpha value is -2.22. The molecule has 114 valence electrons. The zero-order chi connectivity index (χ0) is 15.1. The van der Waals surface area contributed by atoms with Crippen molar-refractivity contribution in [3.05, 3.63) is 18.7 Å². The van der Waals surface area contributed by atoms with Crippen LogP contribution in [0.5, 0.6) is 0 Å². The van der Waals surface area contributed by atoms with Crippen LogP contribution in [0.4, 0.5) is 11.9 Å². The maximum absolute atomic E-state index is 9.03. The van der Waals surface area contributed by atoms with Crippen LogP contribution in [0.3, 0.4) is 0 Å². The zero-order valence-corrected chi connectivity index (χ0v) is 12.3. The van der Waals surface area contributed by atoms with E-state index in [1.54, 1.807) is 30.3 Å². The third kappa shape index (κ3) is 4.12. The molecule has 0 saturated heterocycles. The molecule has 0 aliphatic carbocycles. The summed E-state index contributed by atoms with van der Waals surface area (Å²) in [6.45, 7) is 3.01. The molecule has 1 atom stereocenters. The maximum Gasteiger partial charge on any atom is 0.241 e. The molecular formula is C13H21N7O. The molecule has 2 aromatic rings. The molecule has 1 unspecified atom stereocenters. The highest BCUT2D eigenvalue weighted by Crippen LogP contribution is 2.12. The van der Waals surface area contributed by atoms with E-state index in [4.69, 9.17) is 5.11 Å². The summed E-state index contributed by atoms with van der Waals surface area (Å²) >= 11 is 0. The summed E-state index contributed by atoms with van der Waals surface area (Å²) in [5.74, 6) is 1.90. The van der Waals surface area contributed by atoms with Crippen LogP contribution in [0, 0.1) is 5.92 Å². The normalized spacial score (nSPS) is 12.1. The number of rotatable bonds is 8. The van der Waals surface area contributed by atoms with Crippen molar-refractivity contribution in [1.29, 1.82) is 0 Å². The number of hydrogen-bond acceptors (Lipinski definition) is 7. The van der Waals surface area contributed by atoms with Gasteiger partial charge >= 0.3 is 0 Å². The second kappa shape index (κ2) is 7.53. The van der Waals surface area contributed by atoms with E-state index < -0.39 is 0 Å². The second-order valence-electron chi connectivity index (χ2n) is 4.67. The van der Waals surface area contributed by atoms with Gasteiger partial charge in [0.1, 0.15) is 6.33 Å². The highest BCUT2D eigenvalue weighted by Gasteiger charge is 2.10. The first-order valence-corrected chi connectivity index (χ1v) is 7.03. The van der Waals surface area contributed by atoms with Crippen LogP contribution in [0.15, 0.2) is 18.7 Å². The average molecular weight is 291 g/mol. The van der Waals surface area contributed by atoms with E-state index in [9.17, 15) is 0 Å². The van der Waals surface area contributed by atoms with Gasteiger partial charge in [-0.25, -0.2) is 4.98 Å². The average Bonchev–Trinajstić information content (AvgIpc) is 3.05. The molecule has 0 amide bonds. The zero-order valence-electron chi connectivity index (χ0n) is 12.3. The molecule has 0 aromatic carbocycles. The first kappa shape index (κ1) is 15.2. The van der Waals surface area contributed by atoms with Crippen molar-refractivity contribution in [3.63, 3.8) is 0 Å². The number of aliphatic hydroxyl groups is 1. The van der Waals surface area contributed by atoms with Crippen LogP contribution in [-0.2, 0) is 0 Å². The minimum Gasteiger partial charge on any atom is -0.396 e. The van der Waals surface area contributed by atoms with Crippen molar-refractivity contribution in [2.45, 2.75) is 19.8 Å². The van der Waals surface area contributed by atoms with Gasteiger partial charge in [0.05, 0.1) is 0 Å². The highest BCUT2D eigenvalue weighted by atomic mass is 16.3. The fourth-order valence-corrected chi connectivity index (χ4v) is 1.92. The summed E-state index contributed by atoms with van der Waals surface area (Å²) < 4.78 is 1.72. The van der Waals surface area contributed by atoms with Gasteiger partial charge < -0.3 is 15.7 Å². The number of aliphatic hydroxyl groups excluding tert-OH is 1. The molecule has 0 aliphatic rings. The van der Waals surface area contributed by atoms with Crippen molar-refractivity contribution >= 4 is 11.9 Å². The summed E-state index contributed by atoms with van der Waals surface area (Å²) in [7, 11) is 1.76. The van der Waals surface area contributed by atoms with Crippen LogP contribution in [0.1, 0.15) is 19.8 Å². The van der Waals surface area contributed by atoms with E-state index in [1.807, 2.05) is 0 Å². The molecule has 0 bridgehead atoms. The third-order valence-corrected chi connectivity index (χ3v) is 3.25. The van der Waals surface area contributed by atoms with Gasteiger partial charge in [-0.2, -0.15) is 15.0 Å². The lowest BCUT2D eigenvalue weighted by molar-refractivity contribution is 0.258. The number of hydrogen-bond donors (Lipinski definition) is 3. The Labute approximate surface area is 123 Å². The van der Waals surface area contributed by atoms with E-state index in [2.05, 4.69) is 37.5 Å². The quantitative estimate of drug-likeness (QED) is 0.664. The van der Waals surface area contributed by atoms with Crippen molar-refractivity contribution in [1.82, 2.24) is 24.5 Å². The van der Waals surface area contributed by atoms with Crippen LogP contribution < -0.4 is 10.6 Å². The van der Waals surface area contributed by atoms with Gasteiger partial charge in [-0.1, -0.05) is 13.3 Å². The predicted octanol–water partition coefficient (Wildman–Crippen LogP) is 0.919. The standard InChI is InChI=1S/C13H21N7O/c1-3-10(4-7-21)8-16-12-17-11(14-2)18-13(19-12)20-6-5-15-9-20/h5-6,9-10,21H,3-4,7-8H2,1-2H3,(H2,14,16,17,18,19). The molecule has 2 heterocycles. The molecule has 21 heavy (non-hydrogen) atoms. The summed E-state index contributed by atoms with van der Waals surface area (Å²) in [6, 6.07) is 0. The van der Waals surface area contributed by atoms with Crippen LogP contribution in [0.2, 0.25) is 0 Å². The minimum atomic E-state index is 0.194. The van der Waals surface area contributed by atoms with Gasteiger partial charge in [0.2, 0.25) is 17.8 Å². The number of nitrogens with zero attached hydrogens (tertiary/aromatic N) is 5. The number of anilines is 2. The predicted molar refractivity (Wildman–Crippen MR) is 80.5 cm³/mol. The lowest BCUT2D eigenvalue weighted by Crippen LogP contribution is -2.18. The summed E-state index contributed by atoms with van der Waals surface area (Å²) in [6.07, 6.45) is 6.84. The Morgan fingerprint density at radius 1 is 1.29 bits per heavy atom. The van der Waals surface area contributed by atoms with E-state index in [1.165, 1.54) is 0 Å². The SMILES string of the molecule is CCC(CCO)CNc1nc(NC)nc(-n2ccnc2)n1. The highest BCUT2D eigenvalue weighted by molar-refractivity contribution is 5.37. The van der Waals surface area contributed by atoms with Gasteiger partial charge in [0.25, 0.3) is 0 Å². The second-order valence-corrected chi connectivity index (χ2v) is 4.67. The van der Waals surface area contributed by atoms with E-state index in [0.29, 0.717) is 30.3 Å². The van der Waals surface area contributed by atoms with E-state index in [-0.39, 0.29) is 6.61 Å². The van der Waals surface area contributed by atoms with Crippen LogP contribution in [-0.4, -0.2) is 49.8 Å². The van der Waals surface area contributed by atoms with Gasteiger partial charge in [-0.3, -0.25) is 4.57 Å². The molecule has 0 aliphatic heterocycles. The fraction of sp³-hybridized carbons (Fsp3) is 0.538. The molecular weight excluding hydrogens is 270 g/mol. The molecule has 0 fully saturated rings. The Balaban J connectivity index is 2.13. The number of nitrogens with one attached hydrogen (secondary N) is 2. The monoisotopic (exact) mass is 291 g/mol. The Morgan fingerprint density at radius 3 is 2.71 bits per heavy atom. The maximum atomic E-state index is 9.03. The van der Waals surface area contributed by atoms with Gasteiger partial charge in [0.15, 0.2) is 0 Å². The summed E-state index contributed by atoms with van der Waals surface area (Å²) in [5, 5.41) is 15.2. The van der Waals surface area contributed by atoms with Crippen molar-refractivity contribution in [2.75, 3.05) is 30.8 Å². The lowest BCUT2D eigenvalue weighted by Gasteiger charge is -2.15. The smallest absolute Gasteiger partial charge is 0.241 e. The lowest BCUT2D eigenvalue weighted by atomic mass is 10.0. The molecule has 2 rings (SSSR count). The molecule has 0 spiro atoms. The molecule has 3 N–H and O–H groups in total. The largest absolute Gasteiger partial charge is 0.396 e. The Morgan fingerprint density at radius 2 is 2.10 bits per heavy atom. The van der Waals surface area contributed by atoms with E-state index >= 15 is 0 Å². The van der Waals surface area contributed by atoms with Crippen LogP contribution in [0.25, 0.3) is 5.95 Å². The van der Waals surface area contributed by atoms with Crippen molar-refractivity contribution in [2.24, 2.45) is 5.92 Å². The van der Waals surface area contributed by atoms with Crippen molar-refractivity contribution in [3.8, 4) is 5.95 Å². The summed E-state index contributed by atoms with van der Waals surface area (Å²) in [5.41, 5.74) is 0.